The van der Waals surface area contributed by atoms with Crippen molar-refractivity contribution in [1.29, 1.82) is 0 Å². The molecule has 5 rings (SSSR count). The van der Waals surface area contributed by atoms with Gasteiger partial charge in [0.1, 0.15) is 11.9 Å². The Morgan fingerprint density at radius 3 is 2.52 bits per heavy atom. The second-order valence-corrected chi connectivity index (χ2v) is 7.83. The summed E-state index contributed by atoms with van der Waals surface area (Å²) < 4.78 is 7.20. The van der Waals surface area contributed by atoms with Gasteiger partial charge in [0.2, 0.25) is 0 Å². The summed E-state index contributed by atoms with van der Waals surface area (Å²) in [6.45, 7) is 2.13. The van der Waals surface area contributed by atoms with Crippen molar-refractivity contribution in [1.82, 2.24) is 25.1 Å². The zero-order valence-corrected chi connectivity index (χ0v) is 13.4. The molecule has 1 aromatic rings. The van der Waals surface area contributed by atoms with Crippen molar-refractivity contribution in [3.63, 3.8) is 0 Å². The zero-order valence-electron chi connectivity index (χ0n) is 13.4. The third-order valence-electron chi connectivity index (χ3n) is 6.63. The van der Waals surface area contributed by atoms with E-state index in [9.17, 15) is 4.79 Å². The van der Waals surface area contributed by atoms with E-state index in [4.69, 9.17) is 4.74 Å². The molecule has 4 aliphatic rings. The van der Waals surface area contributed by atoms with Crippen LogP contribution in [0.5, 0.6) is 0 Å². The number of likely N-dealkylation sites (tertiary alicyclic amines) is 1. The number of rotatable bonds is 3. The standard InChI is InChI=1S/C16H23N5O2/c22-14(16(6-8-23-9-7-16)21-11-17-18-19-21)20-10-15(4-1-5-15)13(20)12-2-3-12/h11-13H,1-10H2. The number of tetrazole rings is 1. The van der Waals surface area contributed by atoms with Gasteiger partial charge in [-0.05, 0) is 42.0 Å². The third kappa shape index (κ3) is 1.86. The SMILES string of the molecule is O=C(N1CC2(CCC2)C1C1CC1)C1(n2cnnn2)CCOCC1. The molecule has 7 nitrogen and oxygen atoms in total. The molecular weight excluding hydrogens is 294 g/mol. The molecular formula is C16H23N5O2. The lowest BCUT2D eigenvalue weighted by Crippen LogP contribution is -2.73. The lowest BCUT2D eigenvalue weighted by atomic mass is 9.56. The van der Waals surface area contributed by atoms with Crippen LogP contribution in [-0.4, -0.2) is 56.8 Å². The maximum Gasteiger partial charge on any atom is 0.251 e. The minimum atomic E-state index is -0.639. The lowest BCUT2D eigenvalue weighted by molar-refractivity contribution is -0.185. The first-order chi connectivity index (χ1) is 11.3. The molecule has 23 heavy (non-hydrogen) atoms. The van der Waals surface area contributed by atoms with E-state index in [0.717, 1.165) is 12.5 Å². The van der Waals surface area contributed by atoms with Gasteiger partial charge in [0.15, 0.2) is 0 Å². The Morgan fingerprint density at radius 2 is 1.96 bits per heavy atom. The van der Waals surface area contributed by atoms with Crippen molar-refractivity contribution >= 4 is 5.91 Å². The highest BCUT2D eigenvalue weighted by atomic mass is 16.5. The van der Waals surface area contributed by atoms with Gasteiger partial charge in [-0.25, -0.2) is 4.68 Å². The average Bonchev–Trinajstić information content (AvgIpc) is 3.15. The summed E-state index contributed by atoms with van der Waals surface area (Å²) in [7, 11) is 0. The Kier molecular flexibility index (Phi) is 2.87. The summed E-state index contributed by atoms with van der Waals surface area (Å²) in [4.78, 5) is 15.7. The Hall–Kier alpha value is -1.50. The number of hydrogen-bond donors (Lipinski definition) is 0. The number of carbonyl (C=O) groups is 1. The van der Waals surface area contributed by atoms with E-state index >= 15 is 0 Å². The molecule has 1 amide bonds. The van der Waals surface area contributed by atoms with Crippen molar-refractivity contribution in [2.45, 2.75) is 56.5 Å². The van der Waals surface area contributed by atoms with Crippen molar-refractivity contribution in [3.8, 4) is 0 Å². The van der Waals surface area contributed by atoms with E-state index in [1.807, 2.05) is 0 Å². The highest BCUT2D eigenvalue weighted by Crippen LogP contribution is 2.60. The molecule has 2 aliphatic carbocycles. The number of carbonyl (C=O) groups excluding carboxylic acids is 1. The van der Waals surface area contributed by atoms with E-state index in [1.165, 1.54) is 32.1 Å². The predicted molar refractivity (Wildman–Crippen MR) is 80.4 cm³/mol. The molecule has 7 heteroatoms. The first-order valence-electron chi connectivity index (χ1n) is 8.88. The van der Waals surface area contributed by atoms with Gasteiger partial charge < -0.3 is 9.64 Å². The van der Waals surface area contributed by atoms with Crippen LogP contribution < -0.4 is 0 Å². The fraction of sp³-hybridized carbons (Fsp3) is 0.875. The number of ether oxygens (including phenoxy) is 1. The molecule has 4 fully saturated rings. The van der Waals surface area contributed by atoms with Gasteiger partial charge in [-0.1, -0.05) is 6.42 Å². The number of aromatic nitrogens is 4. The highest BCUT2D eigenvalue weighted by Gasteiger charge is 2.64. The Morgan fingerprint density at radius 1 is 1.17 bits per heavy atom. The maximum absolute atomic E-state index is 13.5. The molecule has 0 N–H and O–H groups in total. The number of amides is 1. The van der Waals surface area contributed by atoms with Crippen LogP contribution in [0.15, 0.2) is 6.33 Å². The van der Waals surface area contributed by atoms with E-state index in [1.54, 1.807) is 11.0 Å². The molecule has 0 radical (unpaired) electrons. The average molecular weight is 317 g/mol. The first-order valence-corrected chi connectivity index (χ1v) is 8.88. The van der Waals surface area contributed by atoms with Crippen LogP contribution in [0.4, 0.5) is 0 Å². The van der Waals surface area contributed by atoms with Crippen molar-refractivity contribution < 1.29 is 9.53 Å². The number of hydrogen-bond acceptors (Lipinski definition) is 5. The second-order valence-electron chi connectivity index (χ2n) is 7.83. The number of nitrogens with zero attached hydrogens (tertiary/aromatic N) is 5. The minimum Gasteiger partial charge on any atom is -0.381 e. The maximum atomic E-state index is 13.5. The second kappa shape index (κ2) is 4.75. The van der Waals surface area contributed by atoms with E-state index in [-0.39, 0.29) is 5.91 Å². The molecule has 1 unspecified atom stereocenters. The normalized spacial score (nSPS) is 31.5. The van der Waals surface area contributed by atoms with Crippen LogP contribution in [0.25, 0.3) is 0 Å². The summed E-state index contributed by atoms with van der Waals surface area (Å²) in [6, 6.07) is 0.472. The Balaban J connectivity index is 1.46. The van der Waals surface area contributed by atoms with Gasteiger partial charge in [0.05, 0.1) is 0 Å². The Bertz CT molecular complexity index is 602. The van der Waals surface area contributed by atoms with Gasteiger partial charge in [-0.15, -0.1) is 5.10 Å². The molecule has 1 atom stereocenters. The van der Waals surface area contributed by atoms with Gasteiger partial charge in [-0.2, -0.15) is 0 Å². The van der Waals surface area contributed by atoms with Crippen LogP contribution >= 0.6 is 0 Å². The minimum absolute atomic E-state index is 0.225. The monoisotopic (exact) mass is 317 g/mol. The summed E-state index contributed by atoms with van der Waals surface area (Å²) in [5.74, 6) is 0.960. The molecule has 1 spiro atoms. The molecule has 2 saturated carbocycles. The highest BCUT2D eigenvalue weighted by molar-refractivity contribution is 5.86. The van der Waals surface area contributed by atoms with E-state index < -0.39 is 5.54 Å². The molecule has 124 valence electrons. The summed E-state index contributed by atoms with van der Waals surface area (Å²) >= 11 is 0. The van der Waals surface area contributed by atoms with Gasteiger partial charge >= 0.3 is 0 Å². The molecule has 2 aliphatic heterocycles. The van der Waals surface area contributed by atoms with Crippen LogP contribution in [0.3, 0.4) is 0 Å². The smallest absolute Gasteiger partial charge is 0.251 e. The van der Waals surface area contributed by atoms with E-state index in [2.05, 4.69) is 20.4 Å². The summed E-state index contributed by atoms with van der Waals surface area (Å²) in [5, 5.41) is 11.6. The fourth-order valence-corrected chi connectivity index (χ4v) is 5.07. The van der Waals surface area contributed by atoms with Gasteiger partial charge in [0, 0.05) is 44.1 Å². The fourth-order valence-electron chi connectivity index (χ4n) is 5.07. The van der Waals surface area contributed by atoms with Crippen molar-refractivity contribution in [2.75, 3.05) is 19.8 Å². The van der Waals surface area contributed by atoms with Crippen molar-refractivity contribution in [3.05, 3.63) is 6.33 Å². The lowest BCUT2D eigenvalue weighted by Gasteiger charge is -2.64. The molecule has 2 saturated heterocycles. The molecule has 0 bridgehead atoms. The largest absolute Gasteiger partial charge is 0.381 e. The van der Waals surface area contributed by atoms with Crippen LogP contribution in [0.2, 0.25) is 0 Å². The van der Waals surface area contributed by atoms with Gasteiger partial charge in [-0.3, -0.25) is 4.79 Å². The van der Waals surface area contributed by atoms with Crippen LogP contribution in [0.1, 0.15) is 44.9 Å². The van der Waals surface area contributed by atoms with Crippen LogP contribution in [-0.2, 0) is 15.1 Å². The summed E-state index contributed by atoms with van der Waals surface area (Å²) in [6.07, 6.45) is 9.44. The molecule has 3 heterocycles. The van der Waals surface area contributed by atoms with Gasteiger partial charge in [0.25, 0.3) is 5.91 Å². The Labute approximate surface area is 135 Å². The summed E-state index contributed by atoms with van der Waals surface area (Å²) in [5.41, 5.74) is -0.190. The zero-order chi connectivity index (χ0) is 15.5. The quantitative estimate of drug-likeness (QED) is 0.830. The molecule has 1 aromatic heterocycles. The van der Waals surface area contributed by atoms with E-state index in [0.29, 0.717) is 37.5 Å². The third-order valence-corrected chi connectivity index (χ3v) is 6.63. The first kappa shape index (κ1) is 13.9. The topological polar surface area (TPSA) is 73.1 Å². The van der Waals surface area contributed by atoms with Crippen LogP contribution in [0, 0.1) is 11.3 Å². The van der Waals surface area contributed by atoms with Crippen molar-refractivity contribution in [2.24, 2.45) is 11.3 Å². The predicted octanol–water partition coefficient (Wildman–Crippen LogP) is 0.970. The molecule has 0 aromatic carbocycles.